The van der Waals surface area contributed by atoms with Crippen molar-refractivity contribution in [3.8, 4) is 0 Å². The molecule has 3 aliphatic rings. The number of hydrogen-bond acceptors (Lipinski definition) is 2. The minimum atomic E-state index is 0. The van der Waals surface area contributed by atoms with Gasteiger partial charge in [0, 0.05) is 24.5 Å². The van der Waals surface area contributed by atoms with E-state index >= 15 is 0 Å². The quantitative estimate of drug-likeness (QED) is 0.842. The van der Waals surface area contributed by atoms with Crippen molar-refractivity contribution in [2.45, 2.75) is 83.7 Å². The van der Waals surface area contributed by atoms with Crippen molar-refractivity contribution < 1.29 is 4.79 Å². The van der Waals surface area contributed by atoms with Crippen LogP contribution in [0.4, 0.5) is 0 Å². The van der Waals surface area contributed by atoms with Crippen LogP contribution in [-0.2, 0) is 4.79 Å². The van der Waals surface area contributed by atoms with Gasteiger partial charge in [0.05, 0.1) is 0 Å². The van der Waals surface area contributed by atoms with Gasteiger partial charge in [-0.25, -0.2) is 0 Å². The molecule has 3 fully saturated rings. The summed E-state index contributed by atoms with van der Waals surface area (Å²) in [5.74, 6) is 2.61. The second kappa shape index (κ2) is 8.20. The van der Waals surface area contributed by atoms with Gasteiger partial charge < -0.3 is 10.6 Å². The zero-order chi connectivity index (χ0) is 15.7. The fraction of sp³-hybridized carbons (Fsp3) is 0.947. The number of fused-ring (bicyclic) bond motifs is 2. The second-order valence-electron chi connectivity index (χ2n) is 8.20. The maximum atomic E-state index is 13.2. The van der Waals surface area contributed by atoms with Gasteiger partial charge in [-0.15, -0.1) is 12.4 Å². The van der Waals surface area contributed by atoms with E-state index in [2.05, 4.69) is 18.7 Å². The van der Waals surface area contributed by atoms with Gasteiger partial charge in [0.15, 0.2) is 0 Å². The first-order valence-corrected chi connectivity index (χ1v) is 9.67. The number of nitrogens with two attached hydrogens (primary N) is 1. The smallest absolute Gasteiger partial charge is 0.225 e. The third-order valence-electron chi connectivity index (χ3n) is 6.75. The first-order valence-electron chi connectivity index (χ1n) is 9.67. The molecular weight excluding hydrogens is 308 g/mol. The van der Waals surface area contributed by atoms with E-state index in [1.807, 2.05) is 0 Å². The summed E-state index contributed by atoms with van der Waals surface area (Å²) in [6, 6.07) is 0.853. The van der Waals surface area contributed by atoms with E-state index in [0.717, 1.165) is 19.4 Å². The zero-order valence-corrected chi connectivity index (χ0v) is 15.7. The molecule has 4 atom stereocenters. The monoisotopic (exact) mass is 342 g/mol. The van der Waals surface area contributed by atoms with Crippen LogP contribution in [0.15, 0.2) is 0 Å². The molecule has 2 N–H and O–H groups in total. The molecule has 1 aliphatic heterocycles. The number of likely N-dealkylation sites (tertiary alicyclic amines) is 1. The van der Waals surface area contributed by atoms with Gasteiger partial charge in [-0.1, -0.05) is 26.7 Å². The lowest BCUT2D eigenvalue weighted by molar-refractivity contribution is -0.144. The van der Waals surface area contributed by atoms with E-state index in [0.29, 0.717) is 35.7 Å². The Morgan fingerprint density at radius 1 is 1.13 bits per heavy atom. The molecule has 0 aromatic carbocycles. The van der Waals surface area contributed by atoms with Crippen molar-refractivity contribution in [1.29, 1.82) is 0 Å². The summed E-state index contributed by atoms with van der Waals surface area (Å²) in [5.41, 5.74) is 6.40. The Morgan fingerprint density at radius 3 is 2.39 bits per heavy atom. The summed E-state index contributed by atoms with van der Waals surface area (Å²) in [5, 5.41) is 0. The van der Waals surface area contributed by atoms with Crippen LogP contribution in [0.1, 0.15) is 71.6 Å². The van der Waals surface area contributed by atoms with E-state index < -0.39 is 0 Å². The van der Waals surface area contributed by atoms with Crippen LogP contribution >= 0.6 is 12.4 Å². The van der Waals surface area contributed by atoms with Crippen molar-refractivity contribution in [1.82, 2.24) is 4.90 Å². The molecule has 1 amide bonds. The van der Waals surface area contributed by atoms with Crippen LogP contribution in [0.3, 0.4) is 0 Å². The first-order chi connectivity index (χ1) is 10.6. The molecule has 1 heterocycles. The molecule has 2 aliphatic carbocycles. The first kappa shape index (κ1) is 19.1. The molecule has 4 heteroatoms. The lowest BCUT2D eigenvalue weighted by atomic mass is 9.64. The summed E-state index contributed by atoms with van der Waals surface area (Å²) >= 11 is 0. The van der Waals surface area contributed by atoms with Crippen molar-refractivity contribution in [2.24, 2.45) is 29.4 Å². The average Bonchev–Trinajstić information content (AvgIpc) is 2.48. The van der Waals surface area contributed by atoms with Crippen LogP contribution in [0.5, 0.6) is 0 Å². The van der Waals surface area contributed by atoms with E-state index in [1.54, 1.807) is 0 Å². The SMILES string of the molecule is CCCC1C(C)CCCN1C(=O)C1CC2CCCC(C1)C2N.Cl. The number of halogens is 1. The van der Waals surface area contributed by atoms with Gasteiger partial charge >= 0.3 is 0 Å². The minimum absolute atomic E-state index is 0. The Balaban J connectivity index is 0.00000192. The van der Waals surface area contributed by atoms with Gasteiger partial charge in [0.2, 0.25) is 5.91 Å². The summed E-state index contributed by atoms with van der Waals surface area (Å²) in [7, 11) is 0. The van der Waals surface area contributed by atoms with Crippen molar-refractivity contribution in [2.75, 3.05) is 6.54 Å². The molecule has 2 bridgehead atoms. The fourth-order valence-corrected chi connectivity index (χ4v) is 5.48. The van der Waals surface area contributed by atoms with Crippen LogP contribution < -0.4 is 5.73 Å². The third kappa shape index (κ3) is 3.87. The van der Waals surface area contributed by atoms with Crippen LogP contribution in [0.2, 0.25) is 0 Å². The highest BCUT2D eigenvalue weighted by Gasteiger charge is 2.43. The molecule has 134 valence electrons. The number of carbonyl (C=O) groups excluding carboxylic acids is 1. The highest BCUT2D eigenvalue weighted by atomic mass is 35.5. The average molecular weight is 343 g/mol. The topological polar surface area (TPSA) is 46.3 Å². The molecule has 2 saturated carbocycles. The molecule has 3 rings (SSSR count). The molecule has 4 unspecified atom stereocenters. The Kier molecular flexibility index (Phi) is 6.79. The maximum absolute atomic E-state index is 13.2. The van der Waals surface area contributed by atoms with Crippen LogP contribution in [0.25, 0.3) is 0 Å². The summed E-state index contributed by atoms with van der Waals surface area (Å²) in [6.45, 7) is 5.57. The Bertz CT molecular complexity index is 389. The fourth-order valence-electron chi connectivity index (χ4n) is 5.48. The summed E-state index contributed by atoms with van der Waals surface area (Å²) < 4.78 is 0. The molecular formula is C19H35ClN2O. The number of amides is 1. The zero-order valence-electron chi connectivity index (χ0n) is 14.9. The van der Waals surface area contributed by atoms with Crippen LogP contribution in [-0.4, -0.2) is 29.4 Å². The van der Waals surface area contributed by atoms with E-state index in [9.17, 15) is 4.79 Å². The predicted octanol–water partition coefficient (Wildman–Crippen LogP) is 3.99. The van der Waals surface area contributed by atoms with Gasteiger partial charge in [-0.2, -0.15) is 0 Å². The molecule has 0 aromatic rings. The van der Waals surface area contributed by atoms with E-state index in [1.165, 1.54) is 44.9 Å². The van der Waals surface area contributed by atoms with Gasteiger partial charge in [0.25, 0.3) is 0 Å². The Morgan fingerprint density at radius 2 is 1.78 bits per heavy atom. The maximum Gasteiger partial charge on any atom is 0.225 e. The normalized spacial score (nSPS) is 40.4. The highest BCUT2D eigenvalue weighted by molar-refractivity contribution is 5.85. The molecule has 0 spiro atoms. The third-order valence-corrected chi connectivity index (χ3v) is 6.75. The number of carbonyl (C=O) groups is 1. The standard InChI is InChI=1S/C19H34N2O.ClH/c1-3-6-17-13(2)7-5-10-21(17)19(22)16-11-14-8-4-9-15(12-16)18(14)20;/h13-18H,3-12,20H2,1-2H3;1H. The Hall–Kier alpha value is -0.280. The number of hydrogen-bond donors (Lipinski definition) is 1. The predicted molar refractivity (Wildman–Crippen MR) is 97.6 cm³/mol. The van der Waals surface area contributed by atoms with Gasteiger partial charge in [0.1, 0.15) is 0 Å². The van der Waals surface area contributed by atoms with E-state index in [4.69, 9.17) is 5.73 Å². The van der Waals surface area contributed by atoms with Crippen molar-refractivity contribution >= 4 is 18.3 Å². The molecule has 23 heavy (non-hydrogen) atoms. The van der Waals surface area contributed by atoms with Crippen LogP contribution in [0, 0.1) is 23.7 Å². The molecule has 3 nitrogen and oxygen atoms in total. The molecule has 0 aromatic heterocycles. The molecule has 1 saturated heterocycles. The van der Waals surface area contributed by atoms with Crippen molar-refractivity contribution in [3.63, 3.8) is 0 Å². The summed E-state index contributed by atoms with van der Waals surface area (Å²) in [6.07, 6.45) is 10.8. The van der Waals surface area contributed by atoms with Gasteiger partial charge in [-0.05, 0) is 62.7 Å². The number of rotatable bonds is 3. The number of nitrogens with zero attached hydrogens (tertiary/aromatic N) is 1. The molecule has 0 radical (unpaired) electrons. The van der Waals surface area contributed by atoms with Gasteiger partial charge in [-0.3, -0.25) is 4.79 Å². The second-order valence-corrected chi connectivity index (χ2v) is 8.20. The minimum Gasteiger partial charge on any atom is -0.339 e. The van der Waals surface area contributed by atoms with Crippen molar-refractivity contribution in [3.05, 3.63) is 0 Å². The lowest BCUT2D eigenvalue weighted by Gasteiger charge is -2.47. The summed E-state index contributed by atoms with van der Waals surface area (Å²) in [4.78, 5) is 15.5. The lowest BCUT2D eigenvalue weighted by Crippen LogP contribution is -2.53. The highest BCUT2D eigenvalue weighted by Crippen LogP contribution is 2.43. The van der Waals surface area contributed by atoms with E-state index in [-0.39, 0.29) is 18.3 Å². The largest absolute Gasteiger partial charge is 0.339 e. The Labute approximate surface area is 148 Å². The number of piperidine rings is 1.